The summed E-state index contributed by atoms with van der Waals surface area (Å²) in [6.07, 6.45) is 14.8. The van der Waals surface area contributed by atoms with Crippen LogP contribution in [0.25, 0.3) is 0 Å². The van der Waals surface area contributed by atoms with E-state index in [9.17, 15) is 27.2 Å². The van der Waals surface area contributed by atoms with E-state index < -0.39 is 41.0 Å². The first-order valence-electron chi connectivity index (χ1n) is 14.0. The molecule has 37 heavy (non-hydrogen) atoms. The Bertz CT molecular complexity index is 783. The number of nitrogens with one attached hydrogen (secondary N) is 1. The van der Waals surface area contributed by atoms with Crippen molar-refractivity contribution in [3.63, 3.8) is 0 Å². The summed E-state index contributed by atoms with van der Waals surface area (Å²) in [5.41, 5.74) is -2.52. The van der Waals surface area contributed by atoms with Crippen molar-refractivity contribution in [2.75, 3.05) is 6.61 Å². The van der Waals surface area contributed by atoms with Crippen molar-refractivity contribution in [1.29, 1.82) is 0 Å². The van der Waals surface area contributed by atoms with E-state index in [4.69, 9.17) is 4.74 Å². The van der Waals surface area contributed by atoms with E-state index in [1.807, 2.05) is 0 Å². The summed E-state index contributed by atoms with van der Waals surface area (Å²) in [4.78, 5) is 24.3. The Kier molecular flexibility index (Phi) is 16.9. The average Bonchev–Trinajstić information content (AvgIpc) is 2.84. The molecule has 0 heterocycles. The molecule has 0 aromatic heterocycles. The normalized spacial score (nSPS) is 12.4. The van der Waals surface area contributed by atoms with Crippen LogP contribution in [0.2, 0.25) is 0 Å². The van der Waals surface area contributed by atoms with Crippen LogP contribution in [-0.2, 0) is 15.7 Å². The van der Waals surface area contributed by atoms with Gasteiger partial charge in [0.15, 0.2) is 0 Å². The Morgan fingerprint density at radius 3 is 1.73 bits per heavy atom. The summed E-state index contributed by atoms with van der Waals surface area (Å²) in [6, 6.07) is 1.07. The summed E-state index contributed by atoms with van der Waals surface area (Å²) in [5, 5.41) is 2.10. The SMILES string of the molecule is CCCCCCCCCCCCCCCCCCOC(=O)C(C)NC(=O)c1c(F)cccc1C(F)(F)F. The van der Waals surface area contributed by atoms with Gasteiger partial charge in [0.1, 0.15) is 11.9 Å². The number of benzene rings is 1. The van der Waals surface area contributed by atoms with Crippen molar-refractivity contribution in [2.45, 2.75) is 129 Å². The second-order valence-electron chi connectivity index (χ2n) is 9.83. The molecule has 1 N–H and O–H groups in total. The molecule has 0 aliphatic carbocycles. The van der Waals surface area contributed by atoms with Gasteiger partial charge in [0, 0.05) is 0 Å². The summed E-state index contributed by atoms with van der Waals surface area (Å²) in [5.74, 6) is -3.38. The van der Waals surface area contributed by atoms with Crippen molar-refractivity contribution in [3.8, 4) is 0 Å². The number of unbranched alkanes of at least 4 members (excludes halogenated alkanes) is 15. The number of esters is 1. The maximum Gasteiger partial charge on any atom is 0.417 e. The lowest BCUT2D eigenvalue weighted by Crippen LogP contribution is -2.40. The summed E-state index contributed by atoms with van der Waals surface area (Å²) in [6.45, 7) is 3.71. The van der Waals surface area contributed by atoms with Gasteiger partial charge >= 0.3 is 12.1 Å². The molecule has 0 radical (unpaired) electrons. The van der Waals surface area contributed by atoms with Gasteiger partial charge in [0.25, 0.3) is 5.91 Å². The van der Waals surface area contributed by atoms with E-state index in [1.165, 1.54) is 84.0 Å². The lowest BCUT2D eigenvalue weighted by molar-refractivity contribution is -0.145. The highest BCUT2D eigenvalue weighted by Crippen LogP contribution is 2.33. The van der Waals surface area contributed by atoms with Gasteiger partial charge in [0.2, 0.25) is 0 Å². The topological polar surface area (TPSA) is 55.4 Å². The molecule has 1 rings (SSSR count). The summed E-state index contributed by atoms with van der Waals surface area (Å²) < 4.78 is 58.3. The third-order valence-electron chi connectivity index (χ3n) is 6.49. The van der Waals surface area contributed by atoms with Gasteiger partial charge in [-0.25, -0.2) is 9.18 Å². The lowest BCUT2D eigenvalue weighted by Gasteiger charge is -2.16. The minimum atomic E-state index is -4.90. The molecule has 0 saturated carbocycles. The molecule has 0 saturated heterocycles. The Balaban J connectivity index is 2.09. The predicted octanol–water partition coefficient (Wildman–Crippen LogP) is 8.77. The van der Waals surface area contributed by atoms with Crippen LogP contribution < -0.4 is 5.32 Å². The molecular formula is C29H45F4NO3. The Morgan fingerprint density at radius 1 is 0.811 bits per heavy atom. The van der Waals surface area contributed by atoms with Crippen LogP contribution in [0.1, 0.15) is 133 Å². The highest BCUT2D eigenvalue weighted by molar-refractivity contribution is 5.98. The minimum Gasteiger partial charge on any atom is -0.464 e. The molecule has 0 spiro atoms. The smallest absolute Gasteiger partial charge is 0.417 e. The van der Waals surface area contributed by atoms with Gasteiger partial charge in [0.05, 0.1) is 17.7 Å². The van der Waals surface area contributed by atoms with Crippen molar-refractivity contribution in [3.05, 3.63) is 35.1 Å². The zero-order chi connectivity index (χ0) is 27.5. The number of halogens is 4. The van der Waals surface area contributed by atoms with E-state index in [0.29, 0.717) is 12.5 Å². The van der Waals surface area contributed by atoms with E-state index in [0.717, 1.165) is 31.4 Å². The van der Waals surface area contributed by atoms with Crippen molar-refractivity contribution in [2.24, 2.45) is 0 Å². The second kappa shape index (κ2) is 19.0. The third kappa shape index (κ3) is 14.4. The maximum absolute atomic E-state index is 13.9. The fourth-order valence-electron chi connectivity index (χ4n) is 4.27. The van der Waals surface area contributed by atoms with Crippen LogP contribution in [0.4, 0.5) is 17.6 Å². The number of ether oxygens (including phenoxy) is 1. The Morgan fingerprint density at radius 2 is 1.27 bits per heavy atom. The van der Waals surface area contributed by atoms with E-state index in [-0.39, 0.29) is 6.61 Å². The molecule has 1 aromatic carbocycles. The molecule has 1 amide bonds. The van der Waals surface area contributed by atoms with Gasteiger partial charge in [-0.3, -0.25) is 4.79 Å². The maximum atomic E-state index is 13.9. The van der Waals surface area contributed by atoms with E-state index in [1.54, 1.807) is 0 Å². The van der Waals surface area contributed by atoms with E-state index in [2.05, 4.69) is 12.2 Å². The molecule has 0 aliphatic heterocycles. The first-order chi connectivity index (χ1) is 17.7. The zero-order valence-corrected chi connectivity index (χ0v) is 22.6. The fraction of sp³-hybridized carbons (Fsp3) is 0.724. The summed E-state index contributed by atoms with van der Waals surface area (Å²) >= 11 is 0. The molecule has 0 fully saturated rings. The van der Waals surface area contributed by atoms with Crippen molar-refractivity contribution >= 4 is 11.9 Å². The molecule has 4 nitrogen and oxygen atoms in total. The van der Waals surface area contributed by atoms with Crippen LogP contribution in [0.5, 0.6) is 0 Å². The lowest BCUT2D eigenvalue weighted by atomic mass is 10.0. The quantitative estimate of drug-likeness (QED) is 0.104. The standard InChI is InChI=1S/C29H45F4NO3/c1-3-4-5-6-7-8-9-10-11-12-13-14-15-16-17-18-22-37-28(36)23(2)34-27(35)26-24(29(31,32)33)20-19-21-25(26)30/h19-21,23H,3-18,22H2,1-2H3,(H,34,35). The molecule has 0 aliphatic rings. The van der Waals surface area contributed by atoms with Crippen LogP contribution >= 0.6 is 0 Å². The number of alkyl halides is 3. The number of carbonyl (C=O) groups excluding carboxylic acids is 2. The highest BCUT2D eigenvalue weighted by Gasteiger charge is 2.37. The van der Waals surface area contributed by atoms with Crippen LogP contribution in [0.3, 0.4) is 0 Å². The third-order valence-corrected chi connectivity index (χ3v) is 6.49. The number of rotatable bonds is 20. The van der Waals surface area contributed by atoms with Crippen LogP contribution in [0, 0.1) is 5.82 Å². The Labute approximate surface area is 219 Å². The molecule has 0 bridgehead atoms. The largest absolute Gasteiger partial charge is 0.464 e. The predicted molar refractivity (Wildman–Crippen MR) is 139 cm³/mol. The van der Waals surface area contributed by atoms with Gasteiger partial charge in [-0.15, -0.1) is 0 Å². The molecule has 212 valence electrons. The first-order valence-corrected chi connectivity index (χ1v) is 14.0. The summed E-state index contributed by atoms with van der Waals surface area (Å²) in [7, 11) is 0. The number of hydrogen-bond donors (Lipinski definition) is 1. The second-order valence-corrected chi connectivity index (χ2v) is 9.83. The molecule has 1 atom stereocenters. The minimum absolute atomic E-state index is 0.172. The van der Waals surface area contributed by atoms with Gasteiger partial charge in [-0.05, 0) is 25.5 Å². The van der Waals surface area contributed by atoms with Crippen molar-refractivity contribution in [1.82, 2.24) is 5.32 Å². The fourth-order valence-corrected chi connectivity index (χ4v) is 4.27. The Hall–Kier alpha value is -2.12. The highest BCUT2D eigenvalue weighted by atomic mass is 19.4. The molecule has 1 aromatic rings. The van der Waals surface area contributed by atoms with Gasteiger partial charge in [-0.1, -0.05) is 109 Å². The monoisotopic (exact) mass is 531 g/mol. The molecule has 1 unspecified atom stereocenters. The average molecular weight is 532 g/mol. The van der Waals surface area contributed by atoms with Gasteiger partial charge < -0.3 is 10.1 Å². The van der Waals surface area contributed by atoms with E-state index >= 15 is 0 Å². The number of hydrogen-bond acceptors (Lipinski definition) is 3. The van der Waals surface area contributed by atoms with Crippen LogP contribution in [0.15, 0.2) is 18.2 Å². The number of carbonyl (C=O) groups is 2. The molecule has 8 heteroatoms. The van der Waals surface area contributed by atoms with Gasteiger partial charge in [-0.2, -0.15) is 13.2 Å². The zero-order valence-electron chi connectivity index (χ0n) is 22.6. The van der Waals surface area contributed by atoms with Crippen molar-refractivity contribution < 1.29 is 31.9 Å². The number of amides is 1. The molecular weight excluding hydrogens is 486 g/mol. The first kappa shape index (κ1) is 32.9. The van der Waals surface area contributed by atoms with Crippen LogP contribution in [-0.4, -0.2) is 24.5 Å².